The summed E-state index contributed by atoms with van der Waals surface area (Å²) < 4.78 is 6.49. The third kappa shape index (κ3) is 1.45. The summed E-state index contributed by atoms with van der Waals surface area (Å²) >= 11 is 2.30. The van der Waals surface area contributed by atoms with Gasteiger partial charge in [0.25, 0.3) is 0 Å². The Labute approximate surface area is 96.1 Å². The van der Waals surface area contributed by atoms with Gasteiger partial charge in [-0.05, 0) is 48.6 Å². The lowest BCUT2D eigenvalue weighted by Gasteiger charge is -1.98. The van der Waals surface area contributed by atoms with Gasteiger partial charge in [0.2, 0.25) is 0 Å². The summed E-state index contributed by atoms with van der Waals surface area (Å²) in [6, 6.07) is 4.14. The Morgan fingerprint density at radius 1 is 1.43 bits per heavy atom. The summed E-state index contributed by atoms with van der Waals surface area (Å²) in [7, 11) is 0. The van der Waals surface area contributed by atoms with Gasteiger partial charge in [-0.15, -0.1) is 0 Å². The van der Waals surface area contributed by atoms with Crippen molar-refractivity contribution in [1.82, 2.24) is 5.16 Å². The van der Waals surface area contributed by atoms with E-state index in [-0.39, 0.29) is 0 Å². The summed E-state index contributed by atoms with van der Waals surface area (Å²) in [5.41, 5.74) is 2.95. The molecule has 2 aromatic rings. The van der Waals surface area contributed by atoms with Crippen LogP contribution in [0.25, 0.3) is 17.0 Å². The minimum atomic E-state index is 0.882. The number of aryl methyl sites for hydroxylation is 1. The van der Waals surface area contributed by atoms with E-state index in [4.69, 9.17) is 4.52 Å². The summed E-state index contributed by atoms with van der Waals surface area (Å²) in [5, 5.41) is 5.06. The SMILES string of the molecule is C/C=C/c1c(I)ccc2c(C)noc12. The molecule has 0 unspecified atom stereocenters. The molecular formula is C11H10INO. The number of aromatic nitrogens is 1. The van der Waals surface area contributed by atoms with Gasteiger partial charge < -0.3 is 4.52 Å². The molecule has 0 bridgehead atoms. The molecular weight excluding hydrogens is 289 g/mol. The minimum Gasteiger partial charge on any atom is -0.355 e. The van der Waals surface area contributed by atoms with E-state index in [0.29, 0.717) is 0 Å². The molecule has 0 saturated heterocycles. The maximum absolute atomic E-state index is 5.31. The third-order valence-corrected chi connectivity index (χ3v) is 3.08. The van der Waals surface area contributed by atoms with E-state index >= 15 is 0 Å². The van der Waals surface area contributed by atoms with Crippen LogP contribution < -0.4 is 0 Å². The van der Waals surface area contributed by atoms with Gasteiger partial charge >= 0.3 is 0 Å². The fourth-order valence-electron chi connectivity index (χ4n) is 1.44. The lowest BCUT2D eigenvalue weighted by atomic mass is 10.1. The van der Waals surface area contributed by atoms with Gasteiger partial charge in [0.05, 0.1) is 5.69 Å². The van der Waals surface area contributed by atoms with Gasteiger partial charge in [0, 0.05) is 14.5 Å². The van der Waals surface area contributed by atoms with Crippen molar-refractivity contribution < 1.29 is 4.52 Å². The summed E-state index contributed by atoms with van der Waals surface area (Å²) in [6.45, 7) is 3.95. The third-order valence-electron chi connectivity index (χ3n) is 2.14. The fraction of sp³-hybridized carbons (Fsp3) is 0.182. The molecule has 0 fully saturated rings. The minimum absolute atomic E-state index is 0.882. The van der Waals surface area contributed by atoms with E-state index in [2.05, 4.69) is 46.0 Å². The van der Waals surface area contributed by atoms with Gasteiger partial charge in [-0.2, -0.15) is 0 Å². The van der Waals surface area contributed by atoms with Gasteiger partial charge in [0.15, 0.2) is 5.58 Å². The number of hydrogen-bond donors (Lipinski definition) is 0. The normalized spacial score (nSPS) is 11.6. The first-order valence-electron chi connectivity index (χ1n) is 4.41. The second-order valence-corrected chi connectivity index (χ2v) is 4.27. The van der Waals surface area contributed by atoms with E-state index in [1.54, 1.807) is 0 Å². The molecule has 2 rings (SSSR count). The highest BCUT2D eigenvalue weighted by Crippen LogP contribution is 2.26. The van der Waals surface area contributed by atoms with Crippen molar-refractivity contribution in [2.45, 2.75) is 13.8 Å². The van der Waals surface area contributed by atoms with Crippen molar-refractivity contribution in [3.05, 3.63) is 33.0 Å². The topological polar surface area (TPSA) is 26.0 Å². The summed E-state index contributed by atoms with van der Waals surface area (Å²) in [5.74, 6) is 0. The highest BCUT2D eigenvalue weighted by atomic mass is 127. The molecule has 0 saturated carbocycles. The zero-order valence-electron chi connectivity index (χ0n) is 8.04. The Balaban J connectivity index is 2.83. The Morgan fingerprint density at radius 3 is 2.93 bits per heavy atom. The number of benzene rings is 1. The number of halogens is 1. The number of allylic oxidation sites excluding steroid dienone is 1. The summed E-state index contributed by atoms with van der Waals surface area (Å²) in [6.07, 6.45) is 4.06. The Morgan fingerprint density at radius 2 is 2.21 bits per heavy atom. The fourth-order valence-corrected chi connectivity index (χ4v) is 2.05. The molecule has 0 N–H and O–H groups in total. The van der Waals surface area contributed by atoms with Gasteiger partial charge in [-0.3, -0.25) is 0 Å². The zero-order valence-corrected chi connectivity index (χ0v) is 10.2. The molecule has 0 aliphatic carbocycles. The second-order valence-electron chi connectivity index (χ2n) is 3.11. The summed E-state index contributed by atoms with van der Waals surface area (Å²) in [4.78, 5) is 0. The standard InChI is InChI=1S/C11H10INO/c1-3-4-9-10(12)6-5-8-7(2)13-14-11(8)9/h3-6H,1-2H3/b4-3+. The van der Waals surface area contributed by atoms with Crippen LogP contribution in [-0.4, -0.2) is 5.16 Å². The quantitative estimate of drug-likeness (QED) is 0.749. The van der Waals surface area contributed by atoms with Crippen LogP contribution in [-0.2, 0) is 0 Å². The van der Waals surface area contributed by atoms with E-state index in [9.17, 15) is 0 Å². The first kappa shape index (κ1) is 9.71. The first-order valence-corrected chi connectivity index (χ1v) is 5.49. The van der Waals surface area contributed by atoms with Crippen LogP contribution in [0.2, 0.25) is 0 Å². The number of nitrogens with zero attached hydrogens (tertiary/aromatic N) is 1. The van der Waals surface area contributed by atoms with Crippen LogP contribution in [0, 0.1) is 10.5 Å². The second kappa shape index (κ2) is 3.73. The average Bonchev–Trinajstić information content (AvgIpc) is 2.53. The van der Waals surface area contributed by atoms with Gasteiger partial charge in [-0.1, -0.05) is 17.3 Å². The molecule has 2 nitrogen and oxygen atoms in total. The van der Waals surface area contributed by atoms with E-state index < -0.39 is 0 Å². The monoisotopic (exact) mass is 299 g/mol. The molecule has 0 aliphatic heterocycles. The Bertz CT molecular complexity index is 499. The van der Waals surface area contributed by atoms with E-state index in [0.717, 1.165) is 22.2 Å². The van der Waals surface area contributed by atoms with Crippen molar-refractivity contribution >= 4 is 39.6 Å². The molecule has 1 aromatic carbocycles. The molecule has 14 heavy (non-hydrogen) atoms. The highest BCUT2D eigenvalue weighted by Gasteiger charge is 2.09. The van der Waals surface area contributed by atoms with Gasteiger partial charge in [0.1, 0.15) is 0 Å². The Hall–Kier alpha value is -0.840. The molecule has 3 heteroatoms. The highest BCUT2D eigenvalue weighted by molar-refractivity contribution is 14.1. The molecule has 72 valence electrons. The lowest BCUT2D eigenvalue weighted by molar-refractivity contribution is 0.450. The van der Waals surface area contributed by atoms with Crippen LogP contribution in [0.4, 0.5) is 0 Å². The van der Waals surface area contributed by atoms with Crippen LogP contribution >= 0.6 is 22.6 Å². The van der Waals surface area contributed by atoms with E-state index in [1.165, 1.54) is 3.57 Å². The number of rotatable bonds is 1. The maximum atomic E-state index is 5.31. The van der Waals surface area contributed by atoms with Crippen molar-refractivity contribution in [3.8, 4) is 0 Å². The first-order chi connectivity index (χ1) is 6.74. The molecule has 0 spiro atoms. The van der Waals surface area contributed by atoms with E-state index in [1.807, 2.05) is 19.9 Å². The van der Waals surface area contributed by atoms with Crippen molar-refractivity contribution in [2.24, 2.45) is 0 Å². The molecule has 1 heterocycles. The average molecular weight is 299 g/mol. The zero-order chi connectivity index (χ0) is 10.1. The van der Waals surface area contributed by atoms with Crippen LogP contribution in [0.3, 0.4) is 0 Å². The maximum Gasteiger partial charge on any atom is 0.175 e. The number of hydrogen-bond acceptors (Lipinski definition) is 2. The number of fused-ring (bicyclic) bond motifs is 1. The van der Waals surface area contributed by atoms with Crippen molar-refractivity contribution in [1.29, 1.82) is 0 Å². The Kier molecular flexibility index (Phi) is 2.58. The largest absolute Gasteiger partial charge is 0.355 e. The van der Waals surface area contributed by atoms with Crippen LogP contribution in [0.1, 0.15) is 18.2 Å². The molecule has 0 aliphatic rings. The smallest absolute Gasteiger partial charge is 0.175 e. The van der Waals surface area contributed by atoms with Crippen molar-refractivity contribution in [2.75, 3.05) is 0 Å². The lowest BCUT2D eigenvalue weighted by Crippen LogP contribution is -1.80. The van der Waals surface area contributed by atoms with Crippen LogP contribution in [0.15, 0.2) is 22.7 Å². The molecule has 0 radical (unpaired) electrons. The van der Waals surface area contributed by atoms with Crippen LogP contribution in [0.5, 0.6) is 0 Å². The molecule has 0 atom stereocenters. The van der Waals surface area contributed by atoms with Gasteiger partial charge in [-0.25, -0.2) is 0 Å². The molecule has 1 aromatic heterocycles. The molecule has 0 amide bonds. The van der Waals surface area contributed by atoms with Crippen molar-refractivity contribution in [3.63, 3.8) is 0 Å². The predicted molar refractivity (Wildman–Crippen MR) is 66.2 cm³/mol. The predicted octanol–water partition coefficient (Wildman–Crippen LogP) is 3.77.